The smallest absolute Gasteiger partial charge is 0.306 e. The number of allylic oxidation sites excluding steroid dienone is 10. The van der Waals surface area contributed by atoms with E-state index < -0.39 is 32.5 Å². The molecule has 0 aliphatic carbocycles. The van der Waals surface area contributed by atoms with Crippen LogP contribution in [-0.4, -0.2) is 70.0 Å². The van der Waals surface area contributed by atoms with Crippen molar-refractivity contribution in [3.8, 4) is 0 Å². The lowest BCUT2D eigenvalue weighted by molar-refractivity contribution is -0.870. The molecule has 9 nitrogen and oxygen atoms in total. The van der Waals surface area contributed by atoms with Crippen LogP contribution in [0.1, 0.15) is 322 Å². The third-order valence-corrected chi connectivity index (χ3v) is 16.0. The second kappa shape index (κ2) is 61.3. The first-order chi connectivity index (χ1) is 39.0. The Labute approximate surface area is 496 Å². The Morgan fingerprint density at radius 2 is 0.675 bits per heavy atom. The van der Waals surface area contributed by atoms with Crippen LogP contribution in [0.5, 0.6) is 0 Å². The minimum atomic E-state index is -4.64. The van der Waals surface area contributed by atoms with Crippen molar-refractivity contribution in [2.24, 2.45) is 0 Å². The minimum Gasteiger partial charge on any atom is -0.756 e. The van der Waals surface area contributed by atoms with E-state index in [2.05, 4.69) is 74.6 Å². The molecule has 0 aliphatic rings. The van der Waals surface area contributed by atoms with Gasteiger partial charge in [-0.3, -0.25) is 14.2 Å². The van der Waals surface area contributed by atoms with Gasteiger partial charge < -0.3 is 27.9 Å². The summed E-state index contributed by atoms with van der Waals surface area (Å²) < 4.78 is 34.2. The molecule has 0 bridgehead atoms. The average molecular weight is 1140 g/mol. The number of quaternary nitrogens is 1. The SMILES string of the molecule is CCCCC/C=C\C/C=C\CCCCCCCC(=O)OCC(COP(=O)([O-])OCC[N+](C)(C)C)OC(=O)CCCCCCCCCCCCCCCCCCCCCCCCCCCC/C=C\C/C=C\C/C=C\CCCCCCC. The van der Waals surface area contributed by atoms with E-state index in [1.54, 1.807) is 0 Å². The molecule has 2 atom stereocenters. The summed E-state index contributed by atoms with van der Waals surface area (Å²) in [5, 5.41) is 0. The number of ether oxygens (including phenoxy) is 2. The molecule has 0 heterocycles. The third-order valence-electron chi connectivity index (χ3n) is 15.0. The van der Waals surface area contributed by atoms with E-state index in [1.807, 2.05) is 21.1 Å². The van der Waals surface area contributed by atoms with Crippen LogP contribution < -0.4 is 4.89 Å². The fraction of sp³-hybridized carbons (Fsp3) is 0.829. The summed E-state index contributed by atoms with van der Waals surface area (Å²) in [5.74, 6) is -0.838. The van der Waals surface area contributed by atoms with Crippen molar-refractivity contribution in [2.45, 2.75) is 328 Å². The van der Waals surface area contributed by atoms with Gasteiger partial charge in [-0.1, -0.05) is 286 Å². The maximum atomic E-state index is 12.8. The molecule has 0 spiro atoms. The van der Waals surface area contributed by atoms with Crippen molar-refractivity contribution in [2.75, 3.05) is 47.5 Å². The van der Waals surface area contributed by atoms with E-state index >= 15 is 0 Å². The molecule has 0 aromatic carbocycles. The van der Waals surface area contributed by atoms with Gasteiger partial charge >= 0.3 is 11.9 Å². The first-order valence-electron chi connectivity index (χ1n) is 34.0. The highest BCUT2D eigenvalue weighted by Gasteiger charge is 2.22. The molecule has 0 amide bonds. The predicted octanol–water partition coefficient (Wildman–Crippen LogP) is 21.2. The van der Waals surface area contributed by atoms with Crippen molar-refractivity contribution in [3.05, 3.63) is 60.8 Å². The number of nitrogens with zero attached hydrogens (tertiary/aromatic N) is 1. The zero-order valence-corrected chi connectivity index (χ0v) is 54.2. The van der Waals surface area contributed by atoms with Crippen molar-refractivity contribution >= 4 is 19.8 Å². The lowest BCUT2D eigenvalue weighted by Gasteiger charge is -2.28. The zero-order valence-electron chi connectivity index (χ0n) is 53.3. The summed E-state index contributed by atoms with van der Waals surface area (Å²) in [6.07, 6.45) is 80.4. The fourth-order valence-corrected chi connectivity index (χ4v) is 10.5. The van der Waals surface area contributed by atoms with E-state index in [0.717, 1.165) is 64.2 Å². The van der Waals surface area contributed by atoms with Crippen molar-refractivity contribution in [1.29, 1.82) is 0 Å². The Morgan fingerprint density at radius 1 is 0.388 bits per heavy atom. The number of esters is 2. The van der Waals surface area contributed by atoms with Crippen LogP contribution in [0, 0.1) is 0 Å². The first kappa shape index (κ1) is 77.7. The van der Waals surface area contributed by atoms with Crippen molar-refractivity contribution in [3.63, 3.8) is 0 Å². The van der Waals surface area contributed by atoms with Gasteiger partial charge in [-0.05, 0) is 83.5 Å². The molecule has 0 N–H and O–H groups in total. The second-order valence-corrected chi connectivity index (χ2v) is 25.6. The number of likely N-dealkylation sites (N-methyl/N-ethyl adjacent to an activating group) is 1. The van der Waals surface area contributed by atoms with E-state index in [-0.39, 0.29) is 26.1 Å². The van der Waals surface area contributed by atoms with Gasteiger partial charge in [0.15, 0.2) is 6.10 Å². The summed E-state index contributed by atoms with van der Waals surface area (Å²) >= 11 is 0. The van der Waals surface area contributed by atoms with Gasteiger partial charge in [0.2, 0.25) is 0 Å². The van der Waals surface area contributed by atoms with Gasteiger partial charge in [-0.15, -0.1) is 0 Å². The van der Waals surface area contributed by atoms with Gasteiger partial charge in [0, 0.05) is 12.8 Å². The van der Waals surface area contributed by atoms with E-state index in [4.69, 9.17) is 18.5 Å². The van der Waals surface area contributed by atoms with Crippen LogP contribution in [0.15, 0.2) is 60.8 Å². The lowest BCUT2D eigenvalue weighted by Crippen LogP contribution is -2.37. The molecule has 0 fully saturated rings. The number of carbonyl (C=O) groups excluding carboxylic acids is 2. The van der Waals surface area contributed by atoms with Gasteiger partial charge in [0.25, 0.3) is 7.82 Å². The maximum Gasteiger partial charge on any atom is 0.306 e. The molecule has 0 saturated carbocycles. The molecule has 0 rings (SSSR count). The third kappa shape index (κ3) is 64.9. The van der Waals surface area contributed by atoms with Crippen LogP contribution in [0.25, 0.3) is 0 Å². The van der Waals surface area contributed by atoms with Crippen LogP contribution >= 0.6 is 7.82 Å². The molecular weight excluding hydrogens is 1010 g/mol. The van der Waals surface area contributed by atoms with Crippen LogP contribution in [0.4, 0.5) is 0 Å². The maximum absolute atomic E-state index is 12.8. The first-order valence-corrected chi connectivity index (χ1v) is 35.5. The van der Waals surface area contributed by atoms with Gasteiger partial charge in [-0.2, -0.15) is 0 Å². The highest BCUT2D eigenvalue weighted by atomic mass is 31.2. The summed E-state index contributed by atoms with van der Waals surface area (Å²) in [7, 11) is 1.17. The van der Waals surface area contributed by atoms with Crippen LogP contribution in [0.2, 0.25) is 0 Å². The standard InChI is InChI=1S/C70H130NO8P/c1-6-8-10-12-14-16-18-20-22-23-24-25-26-27-28-29-30-31-32-33-34-35-36-37-38-39-40-41-42-43-44-45-46-47-49-51-53-55-57-59-61-63-70(73)79-68(67-78-80(74,75)77-65-64-71(3,4)5)66-76-69(72)62-60-58-56-54-52-50-48-21-19-17-15-13-11-9-7-2/h15,17-18,20-21,23-24,26-27,48,68H,6-14,16,19,22,25,28-47,49-67H2,1-5H3/b17-15-,20-18-,24-23-,27-26-,48-21-. The van der Waals surface area contributed by atoms with Crippen molar-refractivity contribution < 1.29 is 42.1 Å². The van der Waals surface area contributed by atoms with Gasteiger partial charge in [0.05, 0.1) is 27.7 Å². The number of hydrogen-bond donors (Lipinski definition) is 0. The minimum absolute atomic E-state index is 0.0325. The molecule has 0 aliphatic heterocycles. The number of unbranched alkanes of at least 4 members (excludes halogenated alkanes) is 39. The van der Waals surface area contributed by atoms with E-state index in [1.165, 1.54) is 218 Å². The Morgan fingerprint density at radius 3 is 1.02 bits per heavy atom. The van der Waals surface area contributed by atoms with E-state index in [0.29, 0.717) is 23.9 Å². The predicted molar refractivity (Wildman–Crippen MR) is 342 cm³/mol. The summed E-state index contributed by atoms with van der Waals surface area (Å²) in [6.45, 7) is 4.22. The van der Waals surface area contributed by atoms with Crippen molar-refractivity contribution in [1.82, 2.24) is 0 Å². The number of carbonyl (C=O) groups is 2. The zero-order chi connectivity index (χ0) is 58.4. The van der Waals surface area contributed by atoms with Crippen LogP contribution in [0.3, 0.4) is 0 Å². The molecule has 0 aromatic rings. The quantitative estimate of drug-likeness (QED) is 0.0195. The molecule has 0 radical (unpaired) electrons. The Kier molecular flexibility index (Phi) is 59.5. The molecular formula is C70H130NO8P. The van der Waals surface area contributed by atoms with Crippen LogP contribution in [-0.2, 0) is 32.7 Å². The average Bonchev–Trinajstić information content (AvgIpc) is 3.42. The number of phosphoric acid groups is 1. The summed E-state index contributed by atoms with van der Waals surface area (Å²) in [5.41, 5.74) is 0. The molecule has 2 unspecified atom stereocenters. The topological polar surface area (TPSA) is 111 Å². The lowest BCUT2D eigenvalue weighted by atomic mass is 10.0. The van der Waals surface area contributed by atoms with Gasteiger partial charge in [0.1, 0.15) is 19.8 Å². The molecule has 0 saturated heterocycles. The molecule has 10 heteroatoms. The van der Waals surface area contributed by atoms with Gasteiger partial charge in [-0.25, -0.2) is 0 Å². The number of rotatable bonds is 63. The second-order valence-electron chi connectivity index (χ2n) is 24.2. The molecule has 80 heavy (non-hydrogen) atoms. The normalized spacial score (nSPS) is 13.5. The summed E-state index contributed by atoms with van der Waals surface area (Å²) in [6, 6.07) is 0. The Bertz CT molecular complexity index is 1530. The molecule has 468 valence electrons. The van der Waals surface area contributed by atoms with E-state index in [9.17, 15) is 19.0 Å². The number of hydrogen-bond acceptors (Lipinski definition) is 8. The Hall–Kier alpha value is -2.29. The largest absolute Gasteiger partial charge is 0.756 e. The Balaban J connectivity index is 3.88. The number of phosphoric ester groups is 1. The summed E-state index contributed by atoms with van der Waals surface area (Å²) in [4.78, 5) is 37.9. The molecule has 0 aromatic heterocycles. The fourth-order valence-electron chi connectivity index (χ4n) is 9.76. The monoisotopic (exact) mass is 1140 g/mol. The highest BCUT2D eigenvalue weighted by Crippen LogP contribution is 2.38. The highest BCUT2D eigenvalue weighted by molar-refractivity contribution is 7.45.